The number of methoxy groups -OCH3 is 1. The minimum atomic E-state index is -0.507. The third kappa shape index (κ3) is 5.17. The standard InChI is InChI=1S/C21H21ClFNO5/c1-24(10-13-3-5-19(27-2)17(23)7-13)20(25)12-29-21(26)15-8-14-9-16(22)4-6-18(14)28-11-15/h3-7,9,15H,8,10-12H2,1-2H3. The fraction of sp³-hybridized carbons (Fsp3) is 0.333. The number of nitrogens with zero attached hydrogens (tertiary/aromatic N) is 1. The number of carbonyl (C=O) groups excluding carboxylic acids is 2. The molecule has 1 unspecified atom stereocenters. The second kappa shape index (κ2) is 9.13. The number of rotatable bonds is 6. The molecule has 1 aliphatic heterocycles. The molecule has 1 aliphatic rings. The van der Waals surface area contributed by atoms with E-state index in [0.29, 0.717) is 22.8 Å². The van der Waals surface area contributed by atoms with Gasteiger partial charge in [0.15, 0.2) is 18.2 Å². The number of hydrogen-bond acceptors (Lipinski definition) is 5. The van der Waals surface area contributed by atoms with E-state index in [-0.39, 0.29) is 18.9 Å². The summed E-state index contributed by atoms with van der Waals surface area (Å²) in [6, 6.07) is 9.71. The van der Waals surface area contributed by atoms with Crippen LogP contribution in [-0.4, -0.2) is 44.1 Å². The first-order valence-corrected chi connectivity index (χ1v) is 9.39. The predicted molar refractivity (Wildman–Crippen MR) is 105 cm³/mol. The molecule has 2 aromatic carbocycles. The molecule has 29 heavy (non-hydrogen) atoms. The molecule has 154 valence electrons. The van der Waals surface area contributed by atoms with Crippen molar-refractivity contribution in [2.24, 2.45) is 5.92 Å². The Kier molecular flexibility index (Phi) is 6.59. The average molecular weight is 422 g/mol. The fourth-order valence-electron chi connectivity index (χ4n) is 3.05. The monoisotopic (exact) mass is 421 g/mol. The molecule has 0 bridgehead atoms. The molecule has 1 atom stereocenters. The number of ether oxygens (including phenoxy) is 3. The van der Waals surface area contributed by atoms with E-state index < -0.39 is 30.2 Å². The lowest BCUT2D eigenvalue weighted by molar-refractivity contribution is -0.156. The van der Waals surface area contributed by atoms with Crippen molar-refractivity contribution < 1.29 is 28.2 Å². The number of hydrogen-bond donors (Lipinski definition) is 0. The molecule has 0 aromatic heterocycles. The summed E-state index contributed by atoms with van der Waals surface area (Å²) >= 11 is 5.98. The summed E-state index contributed by atoms with van der Waals surface area (Å²) in [6.07, 6.45) is 0.434. The lowest BCUT2D eigenvalue weighted by Crippen LogP contribution is -2.34. The topological polar surface area (TPSA) is 65.1 Å². The first-order chi connectivity index (χ1) is 13.9. The summed E-state index contributed by atoms with van der Waals surface area (Å²) < 4.78 is 29.4. The van der Waals surface area contributed by atoms with Gasteiger partial charge in [0.1, 0.15) is 12.4 Å². The van der Waals surface area contributed by atoms with Crippen LogP contribution < -0.4 is 9.47 Å². The molecule has 2 aromatic rings. The van der Waals surface area contributed by atoms with Crippen LogP contribution in [0.25, 0.3) is 0 Å². The summed E-state index contributed by atoms with van der Waals surface area (Å²) in [4.78, 5) is 26.0. The Balaban J connectivity index is 1.51. The Morgan fingerprint density at radius 1 is 1.28 bits per heavy atom. The van der Waals surface area contributed by atoms with Gasteiger partial charge in [-0.15, -0.1) is 0 Å². The average Bonchev–Trinajstić information content (AvgIpc) is 2.71. The van der Waals surface area contributed by atoms with Crippen LogP contribution in [0.15, 0.2) is 36.4 Å². The molecular formula is C21H21ClFNO5. The zero-order valence-corrected chi connectivity index (χ0v) is 16.9. The molecule has 1 heterocycles. The number of likely N-dealkylation sites (N-methyl/N-ethyl adjacent to an activating group) is 1. The largest absolute Gasteiger partial charge is 0.494 e. The summed E-state index contributed by atoms with van der Waals surface area (Å²) in [7, 11) is 2.94. The molecule has 0 N–H and O–H groups in total. The lowest BCUT2D eigenvalue weighted by atomic mass is 9.97. The highest BCUT2D eigenvalue weighted by molar-refractivity contribution is 6.30. The zero-order valence-electron chi connectivity index (χ0n) is 16.1. The van der Waals surface area contributed by atoms with Gasteiger partial charge in [0.05, 0.1) is 13.0 Å². The second-order valence-corrected chi connectivity index (χ2v) is 7.23. The smallest absolute Gasteiger partial charge is 0.313 e. The molecule has 0 saturated carbocycles. The van der Waals surface area contributed by atoms with Gasteiger partial charge in [0.25, 0.3) is 5.91 Å². The van der Waals surface area contributed by atoms with Crippen LogP contribution in [0.3, 0.4) is 0 Å². The highest BCUT2D eigenvalue weighted by Gasteiger charge is 2.28. The Morgan fingerprint density at radius 2 is 2.07 bits per heavy atom. The van der Waals surface area contributed by atoms with Gasteiger partial charge in [-0.2, -0.15) is 0 Å². The third-order valence-electron chi connectivity index (χ3n) is 4.66. The maximum Gasteiger partial charge on any atom is 0.313 e. The minimum Gasteiger partial charge on any atom is -0.494 e. The Morgan fingerprint density at radius 3 is 2.79 bits per heavy atom. The summed E-state index contributed by atoms with van der Waals surface area (Å²) in [5.41, 5.74) is 1.43. The van der Waals surface area contributed by atoms with E-state index in [1.54, 1.807) is 31.3 Å². The maximum atomic E-state index is 13.8. The molecule has 0 aliphatic carbocycles. The van der Waals surface area contributed by atoms with Gasteiger partial charge in [-0.1, -0.05) is 17.7 Å². The lowest BCUT2D eigenvalue weighted by Gasteiger charge is -2.24. The number of carbonyl (C=O) groups is 2. The van der Waals surface area contributed by atoms with E-state index in [0.717, 1.165) is 5.56 Å². The highest BCUT2D eigenvalue weighted by Crippen LogP contribution is 2.30. The van der Waals surface area contributed by atoms with E-state index >= 15 is 0 Å². The van der Waals surface area contributed by atoms with Gasteiger partial charge in [0.2, 0.25) is 0 Å². The van der Waals surface area contributed by atoms with Crippen LogP contribution in [0.4, 0.5) is 4.39 Å². The summed E-state index contributed by atoms with van der Waals surface area (Å²) in [6.45, 7) is -0.0365. The molecule has 0 spiro atoms. The van der Waals surface area contributed by atoms with E-state index in [4.69, 9.17) is 25.8 Å². The van der Waals surface area contributed by atoms with Gasteiger partial charge in [0, 0.05) is 18.6 Å². The fourth-order valence-corrected chi connectivity index (χ4v) is 3.24. The molecule has 0 fully saturated rings. The number of benzene rings is 2. The van der Waals surface area contributed by atoms with Crippen molar-refractivity contribution in [1.29, 1.82) is 0 Å². The molecule has 1 amide bonds. The van der Waals surface area contributed by atoms with E-state index in [1.807, 2.05) is 0 Å². The normalized spacial score (nSPS) is 15.1. The molecule has 3 rings (SSSR count). The van der Waals surface area contributed by atoms with Crippen molar-refractivity contribution >= 4 is 23.5 Å². The van der Waals surface area contributed by atoms with Gasteiger partial charge < -0.3 is 19.1 Å². The molecule has 6 nitrogen and oxygen atoms in total. The Bertz CT molecular complexity index is 920. The van der Waals surface area contributed by atoms with Gasteiger partial charge in [-0.25, -0.2) is 4.39 Å². The number of amides is 1. The van der Waals surface area contributed by atoms with E-state index in [9.17, 15) is 14.0 Å². The first kappa shape index (κ1) is 20.9. The van der Waals surface area contributed by atoms with Crippen LogP contribution in [0, 0.1) is 11.7 Å². The van der Waals surface area contributed by atoms with Crippen molar-refractivity contribution in [1.82, 2.24) is 4.90 Å². The molecule has 8 heteroatoms. The van der Waals surface area contributed by atoms with Crippen molar-refractivity contribution in [2.75, 3.05) is 27.4 Å². The Hall–Kier alpha value is -2.80. The van der Waals surface area contributed by atoms with Gasteiger partial charge in [-0.05, 0) is 47.9 Å². The summed E-state index contributed by atoms with van der Waals surface area (Å²) in [5.74, 6) is -1.08. The van der Waals surface area contributed by atoms with Crippen LogP contribution in [0.5, 0.6) is 11.5 Å². The van der Waals surface area contributed by atoms with Crippen LogP contribution in [-0.2, 0) is 27.3 Å². The second-order valence-electron chi connectivity index (χ2n) is 6.79. The van der Waals surface area contributed by atoms with Crippen LogP contribution >= 0.6 is 11.6 Å². The minimum absolute atomic E-state index is 0.134. The van der Waals surface area contributed by atoms with Crippen molar-refractivity contribution in [2.45, 2.75) is 13.0 Å². The Labute approximate surface area is 173 Å². The molecular weight excluding hydrogens is 401 g/mol. The van der Waals surface area contributed by atoms with Crippen LogP contribution in [0.1, 0.15) is 11.1 Å². The quantitative estimate of drug-likeness (QED) is 0.670. The number of esters is 1. The first-order valence-electron chi connectivity index (χ1n) is 9.01. The zero-order chi connectivity index (χ0) is 21.0. The highest BCUT2D eigenvalue weighted by atomic mass is 35.5. The van der Waals surface area contributed by atoms with E-state index in [2.05, 4.69) is 0 Å². The molecule has 0 saturated heterocycles. The van der Waals surface area contributed by atoms with Crippen molar-refractivity contribution in [3.63, 3.8) is 0 Å². The van der Waals surface area contributed by atoms with Crippen molar-refractivity contribution in [3.8, 4) is 11.5 Å². The summed E-state index contributed by atoms with van der Waals surface area (Å²) in [5, 5.41) is 0.563. The van der Waals surface area contributed by atoms with E-state index in [1.165, 1.54) is 24.1 Å². The number of halogens is 2. The van der Waals surface area contributed by atoms with Gasteiger partial charge in [-0.3, -0.25) is 9.59 Å². The van der Waals surface area contributed by atoms with Crippen LogP contribution in [0.2, 0.25) is 5.02 Å². The molecule has 0 radical (unpaired) electrons. The maximum absolute atomic E-state index is 13.8. The van der Waals surface area contributed by atoms with Gasteiger partial charge >= 0.3 is 5.97 Å². The number of fused-ring (bicyclic) bond motifs is 1. The van der Waals surface area contributed by atoms with Crippen molar-refractivity contribution in [3.05, 3.63) is 58.4 Å². The predicted octanol–water partition coefficient (Wildman–Crippen LogP) is 3.24. The third-order valence-corrected chi connectivity index (χ3v) is 4.90. The SMILES string of the molecule is COc1ccc(CN(C)C(=O)COC(=O)C2COc3ccc(Cl)cc3C2)cc1F.